The van der Waals surface area contributed by atoms with Gasteiger partial charge in [-0.15, -0.1) is 0 Å². The number of ether oxygens (including phenoxy) is 3. The van der Waals surface area contributed by atoms with Gasteiger partial charge < -0.3 is 14.2 Å². The lowest BCUT2D eigenvalue weighted by Crippen LogP contribution is -2.30. The van der Waals surface area contributed by atoms with Crippen molar-refractivity contribution >= 4 is 17.9 Å². The van der Waals surface area contributed by atoms with Crippen LogP contribution in [0.1, 0.15) is 258 Å². The highest BCUT2D eigenvalue weighted by Gasteiger charge is 2.19. The lowest BCUT2D eigenvalue weighted by atomic mass is 10.1. The van der Waals surface area contributed by atoms with E-state index in [4.69, 9.17) is 14.2 Å². The summed E-state index contributed by atoms with van der Waals surface area (Å²) in [5.41, 5.74) is 0. The van der Waals surface area contributed by atoms with E-state index in [1.54, 1.807) is 0 Å². The zero-order valence-electron chi connectivity index (χ0n) is 51.3. The van der Waals surface area contributed by atoms with E-state index in [9.17, 15) is 14.4 Å². The molecule has 0 heterocycles. The SMILES string of the molecule is CC/C=C\C/C=C\C/C=C\C/C=C\C/C=C\C/C=C\C/C=C\C/C=C\CCCCCCCCC(=O)OCC(COC(=O)CCCCCCC/C=C\CCCCCCC)OC(=O)CCC/C=C\C/C=C\C/C=C\C/C=C\C/C=C\CC. The standard InChI is InChI=1S/C74H116O6/c1-4-7-10-13-16-19-22-25-28-30-31-32-33-34-35-36-37-38-39-40-41-42-43-45-46-49-52-55-58-61-64-67-73(76)79-70-71(69-78-72(75)66-63-60-57-54-51-48-27-24-21-18-15-12-9-6-3)80-74(77)68-65-62-59-56-53-50-47-44-29-26-23-20-17-14-11-8-5-2/h7-8,10-11,16-17,19-20,24-29,31-32,34-35,37-38,40-41,43,45,47,50,56,59,71H,4-6,9,12-15,18,21-23,30,33,36,39,42,44,46,48-49,51-55,57-58,60-70H2,1-3H3/b10-7-,11-8-,19-16-,20-17-,27-24-,28-25-,29-26-,32-31-,35-34-,38-37-,41-40-,45-43-,50-47-,59-56-. The third-order valence-electron chi connectivity index (χ3n) is 12.9. The zero-order chi connectivity index (χ0) is 57.8. The van der Waals surface area contributed by atoms with Crippen LogP contribution in [0.5, 0.6) is 0 Å². The van der Waals surface area contributed by atoms with Crippen molar-refractivity contribution in [3.8, 4) is 0 Å². The second kappa shape index (κ2) is 66.3. The Kier molecular flexibility index (Phi) is 61.9. The van der Waals surface area contributed by atoms with Gasteiger partial charge in [-0.25, -0.2) is 0 Å². The molecule has 0 bridgehead atoms. The van der Waals surface area contributed by atoms with Crippen LogP contribution in [0, 0.1) is 0 Å². The van der Waals surface area contributed by atoms with Gasteiger partial charge in [-0.3, -0.25) is 14.4 Å². The van der Waals surface area contributed by atoms with Gasteiger partial charge in [-0.05, 0) is 148 Å². The number of esters is 3. The molecule has 6 heteroatoms. The molecule has 0 rings (SSSR count). The molecule has 0 fully saturated rings. The molecule has 0 aliphatic rings. The molecule has 0 aliphatic heterocycles. The molecule has 0 aromatic rings. The van der Waals surface area contributed by atoms with Gasteiger partial charge in [0, 0.05) is 19.3 Å². The van der Waals surface area contributed by atoms with Crippen LogP contribution in [0.4, 0.5) is 0 Å². The molecule has 0 saturated carbocycles. The highest BCUT2D eigenvalue weighted by molar-refractivity contribution is 5.71. The molecular formula is C74H116O6. The molecule has 0 aromatic carbocycles. The molecule has 0 aliphatic carbocycles. The monoisotopic (exact) mass is 1100 g/mol. The van der Waals surface area contributed by atoms with Crippen LogP contribution in [-0.2, 0) is 28.6 Å². The van der Waals surface area contributed by atoms with Crippen LogP contribution in [0.3, 0.4) is 0 Å². The largest absolute Gasteiger partial charge is 0.462 e. The number of carbonyl (C=O) groups is 3. The van der Waals surface area contributed by atoms with E-state index in [1.165, 1.54) is 57.8 Å². The molecule has 0 aromatic heterocycles. The fourth-order valence-corrected chi connectivity index (χ4v) is 8.19. The molecule has 0 N–H and O–H groups in total. The Morgan fingerprint density at radius 3 is 0.812 bits per heavy atom. The maximum Gasteiger partial charge on any atom is 0.306 e. The number of carbonyl (C=O) groups excluding carboxylic acids is 3. The van der Waals surface area contributed by atoms with Crippen LogP contribution < -0.4 is 0 Å². The van der Waals surface area contributed by atoms with Crippen molar-refractivity contribution in [3.05, 3.63) is 170 Å². The molecule has 0 radical (unpaired) electrons. The normalized spacial score (nSPS) is 13.3. The Hall–Kier alpha value is -5.23. The molecule has 448 valence electrons. The number of rotatable bonds is 56. The summed E-state index contributed by atoms with van der Waals surface area (Å²) in [6.45, 7) is 6.33. The van der Waals surface area contributed by atoms with Crippen molar-refractivity contribution < 1.29 is 28.6 Å². The van der Waals surface area contributed by atoms with Gasteiger partial charge in [0.2, 0.25) is 0 Å². The van der Waals surface area contributed by atoms with E-state index in [0.29, 0.717) is 19.3 Å². The fourth-order valence-electron chi connectivity index (χ4n) is 8.19. The predicted molar refractivity (Wildman–Crippen MR) is 348 cm³/mol. The molecule has 0 amide bonds. The Morgan fingerprint density at radius 1 is 0.263 bits per heavy atom. The Balaban J connectivity index is 4.43. The molecule has 1 atom stereocenters. The first kappa shape index (κ1) is 74.8. The van der Waals surface area contributed by atoms with Gasteiger partial charge in [-0.2, -0.15) is 0 Å². The van der Waals surface area contributed by atoms with Crippen LogP contribution in [0.2, 0.25) is 0 Å². The van der Waals surface area contributed by atoms with Crippen molar-refractivity contribution in [3.63, 3.8) is 0 Å². The molecule has 0 saturated heterocycles. The van der Waals surface area contributed by atoms with E-state index < -0.39 is 6.10 Å². The minimum absolute atomic E-state index is 0.117. The number of hydrogen-bond acceptors (Lipinski definition) is 6. The smallest absolute Gasteiger partial charge is 0.306 e. The van der Waals surface area contributed by atoms with Crippen LogP contribution >= 0.6 is 0 Å². The summed E-state index contributed by atoms with van der Waals surface area (Å²) >= 11 is 0. The van der Waals surface area contributed by atoms with Gasteiger partial charge in [0.1, 0.15) is 13.2 Å². The summed E-state index contributed by atoms with van der Waals surface area (Å²) in [7, 11) is 0. The molecule has 80 heavy (non-hydrogen) atoms. The summed E-state index contributed by atoms with van der Waals surface area (Å²) in [5, 5.41) is 0. The van der Waals surface area contributed by atoms with Gasteiger partial charge in [0.25, 0.3) is 0 Å². The Bertz CT molecular complexity index is 1840. The van der Waals surface area contributed by atoms with E-state index >= 15 is 0 Å². The van der Waals surface area contributed by atoms with Gasteiger partial charge in [0.05, 0.1) is 0 Å². The van der Waals surface area contributed by atoms with E-state index in [2.05, 4.69) is 191 Å². The van der Waals surface area contributed by atoms with E-state index in [1.807, 2.05) is 0 Å². The number of unbranched alkanes of at least 4 members (excludes halogenated alkanes) is 17. The highest BCUT2D eigenvalue weighted by Crippen LogP contribution is 2.13. The maximum atomic E-state index is 12.9. The van der Waals surface area contributed by atoms with Crippen molar-refractivity contribution in [2.75, 3.05) is 13.2 Å². The summed E-state index contributed by atoms with van der Waals surface area (Å²) in [5.74, 6) is -1.00. The van der Waals surface area contributed by atoms with Crippen molar-refractivity contribution in [1.82, 2.24) is 0 Å². The summed E-state index contributed by atoms with van der Waals surface area (Å²) in [4.78, 5) is 38.3. The second-order valence-electron chi connectivity index (χ2n) is 20.5. The van der Waals surface area contributed by atoms with Crippen molar-refractivity contribution in [2.24, 2.45) is 0 Å². The van der Waals surface area contributed by atoms with Crippen molar-refractivity contribution in [2.45, 2.75) is 264 Å². The van der Waals surface area contributed by atoms with Gasteiger partial charge >= 0.3 is 17.9 Å². The summed E-state index contributed by atoms with van der Waals surface area (Å²) in [6.07, 6.45) is 97.9. The van der Waals surface area contributed by atoms with Gasteiger partial charge in [0.15, 0.2) is 6.10 Å². The second-order valence-corrected chi connectivity index (χ2v) is 20.5. The topological polar surface area (TPSA) is 78.9 Å². The Morgan fingerprint density at radius 2 is 0.500 bits per heavy atom. The Labute approximate surface area is 492 Å². The lowest BCUT2D eigenvalue weighted by molar-refractivity contribution is -0.167. The molecule has 6 nitrogen and oxygen atoms in total. The number of hydrogen-bond donors (Lipinski definition) is 0. The van der Waals surface area contributed by atoms with Crippen LogP contribution in [-0.4, -0.2) is 37.2 Å². The maximum absolute atomic E-state index is 12.9. The average molecular weight is 1100 g/mol. The lowest BCUT2D eigenvalue weighted by Gasteiger charge is -2.18. The highest BCUT2D eigenvalue weighted by atomic mass is 16.6. The van der Waals surface area contributed by atoms with Crippen LogP contribution in [0.25, 0.3) is 0 Å². The third-order valence-corrected chi connectivity index (χ3v) is 12.9. The number of allylic oxidation sites excluding steroid dienone is 28. The quantitative estimate of drug-likeness (QED) is 0.0261. The first-order chi connectivity index (χ1) is 39.5. The summed E-state index contributed by atoms with van der Waals surface area (Å²) < 4.78 is 16.8. The average Bonchev–Trinajstić information content (AvgIpc) is 3.46. The first-order valence-corrected chi connectivity index (χ1v) is 32.1. The van der Waals surface area contributed by atoms with E-state index in [-0.39, 0.29) is 37.5 Å². The van der Waals surface area contributed by atoms with Crippen LogP contribution in [0.15, 0.2) is 170 Å². The molecular weight excluding hydrogens is 985 g/mol. The third kappa shape index (κ3) is 63.6. The molecule has 0 spiro atoms. The zero-order valence-corrected chi connectivity index (χ0v) is 51.3. The van der Waals surface area contributed by atoms with Crippen molar-refractivity contribution in [1.29, 1.82) is 0 Å². The minimum atomic E-state index is -0.827. The fraction of sp³-hybridized carbons (Fsp3) is 0.581. The first-order valence-electron chi connectivity index (χ1n) is 32.1. The minimum Gasteiger partial charge on any atom is -0.462 e. The van der Waals surface area contributed by atoms with E-state index in [0.717, 1.165) is 154 Å². The van der Waals surface area contributed by atoms with Gasteiger partial charge in [-0.1, -0.05) is 262 Å². The molecule has 1 unspecified atom stereocenters. The predicted octanol–water partition coefficient (Wildman–Crippen LogP) is 22.3. The summed E-state index contributed by atoms with van der Waals surface area (Å²) in [6, 6.07) is 0.